The first-order chi connectivity index (χ1) is 12.9. The zero-order valence-electron chi connectivity index (χ0n) is 15.0. The van der Waals surface area contributed by atoms with E-state index in [9.17, 15) is 13.8 Å². The van der Waals surface area contributed by atoms with Crippen molar-refractivity contribution in [1.29, 1.82) is 0 Å². The van der Waals surface area contributed by atoms with Gasteiger partial charge >= 0.3 is 17.1 Å². The predicted octanol–water partition coefficient (Wildman–Crippen LogP) is 1.42. The molecule has 27 heavy (non-hydrogen) atoms. The Morgan fingerprint density at radius 2 is 1.89 bits per heavy atom. The maximum Gasteiger partial charge on any atom is 0.357 e. The van der Waals surface area contributed by atoms with Crippen molar-refractivity contribution in [2.24, 2.45) is 0 Å². The Kier molecular flexibility index (Phi) is 5.57. The summed E-state index contributed by atoms with van der Waals surface area (Å²) in [4.78, 5) is 32.1. The Labute approximate surface area is 157 Å². The molecule has 3 rings (SSSR count). The van der Waals surface area contributed by atoms with Crippen molar-refractivity contribution in [1.82, 2.24) is 19.1 Å². The van der Waals surface area contributed by atoms with Gasteiger partial charge in [-0.2, -0.15) is 4.21 Å². The number of imidazole rings is 1. The summed E-state index contributed by atoms with van der Waals surface area (Å²) in [6.07, 6.45) is 1.10. The van der Waals surface area contributed by atoms with Crippen molar-refractivity contribution in [2.45, 2.75) is 39.8 Å². The third kappa shape index (κ3) is 3.86. The summed E-state index contributed by atoms with van der Waals surface area (Å²) in [5.74, 6) is 0.921. The molecular weight excluding hydrogens is 372 g/mol. The largest absolute Gasteiger partial charge is 0.380 e. The summed E-state index contributed by atoms with van der Waals surface area (Å²) in [6, 6.07) is 6.66. The van der Waals surface area contributed by atoms with E-state index in [1.54, 1.807) is 24.3 Å². The fraction of sp³-hybridized carbons (Fsp3) is 0.353. The molecule has 144 valence electrons. The van der Waals surface area contributed by atoms with Crippen LogP contribution in [0.3, 0.4) is 0 Å². The normalized spacial score (nSPS) is 12.4. The number of hydrogen-bond donors (Lipinski definition) is 2. The molecule has 9 nitrogen and oxygen atoms in total. The van der Waals surface area contributed by atoms with E-state index in [1.165, 1.54) is 4.57 Å². The molecule has 0 saturated carbocycles. The van der Waals surface area contributed by atoms with Crippen LogP contribution in [0.4, 0.5) is 0 Å². The molecule has 0 aliphatic rings. The van der Waals surface area contributed by atoms with Crippen LogP contribution in [0.15, 0.2) is 33.9 Å². The number of hydrogen-bond acceptors (Lipinski definition) is 5. The monoisotopic (exact) mass is 392 g/mol. The molecule has 0 aliphatic heterocycles. The minimum atomic E-state index is -2.37. The van der Waals surface area contributed by atoms with Gasteiger partial charge in [-0.05, 0) is 31.0 Å². The van der Waals surface area contributed by atoms with Gasteiger partial charge in [0.05, 0.1) is 0 Å². The predicted molar refractivity (Wildman–Crippen MR) is 101 cm³/mol. The van der Waals surface area contributed by atoms with Crippen LogP contribution in [0.2, 0.25) is 0 Å². The lowest BCUT2D eigenvalue weighted by atomic mass is 10.1. The number of benzene rings is 1. The Morgan fingerprint density at radius 3 is 2.48 bits per heavy atom. The number of aromatic amines is 1. The number of H-pyrrole nitrogens is 1. The van der Waals surface area contributed by atoms with Gasteiger partial charge in [-0.1, -0.05) is 19.1 Å². The summed E-state index contributed by atoms with van der Waals surface area (Å²) in [7, 11) is 0. The zero-order valence-corrected chi connectivity index (χ0v) is 15.8. The van der Waals surface area contributed by atoms with Gasteiger partial charge in [-0.3, -0.25) is 18.9 Å². The topological polar surface area (TPSA) is 119 Å². The number of nitrogens with zero attached hydrogens (tertiary/aromatic N) is 3. The molecule has 1 unspecified atom stereocenters. The van der Waals surface area contributed by atoms with Gasteiger partial charge in [-0.15, -0.1) is 0 Å². The molecule has 2 aromatic heterocycles. The average Bonchev–Trinajstić information content (AvgIpc) is 2.97. The summed E-state index contributed by atoms with van der Waals surface area (Å²) >= 11 is -2.37. The first kappa shape index (κ1) is 19.1. The van der Waals surface area contributed by atoms with E-state index in [2.05, 4.69) is 9.97 Å². The molecule has 10 heteroatoms. The van der Waals surface area contributed by atoms with Gasteiger partial charge in [0, 0.05) is 19.5 Å². The SMILES string of the molecule is CCCn1c(=O)[nH]c2c(nc(Cc3ccc(OS(=O)O)cc3)n2CC)c1=O. The fourth-order valence-electron chi connectivity index (χ4n) is 2.99. The molecule has 0 fully saturated rings. The second-order valence-electron chi connectivity index (χ2n) is 5.98. The number of nitrogens with one attached hydrogen (secondary N) is 1. The van der Waals surface area contributed by atoms with Crippen LogP contribution in [0.5, 0.6) is 5.75 Å². The average molecular weight is 392 g/mol. The number of fused-ring (bicyclic) bond motifs is 1. The van der Waals surface area contributed by atoms with Crippen molar-refractivity contribution in [2.75, 3.05) is 0 Å². The highest BCUT2D eigenvalue weighted by Crippen LogP contribution is 2.17. The van der Waals surface area contributed by atoms with E-state index < -0.39 is 22.6 Å². The second-order valence-corrected chi connectivity index (χ2v) is 6.58. The van der Waals surface area contributed by atoms with Crippen LogP contribution >= 0.6 is 0 Å². The first-order valence-corrected chi connectivity index (χ1v) is 9.58. The van der Waals surface area contributed by atoms with Crippen molar-refractivity contribution in [3.05, 3.63) is 56.5 Å². The van der Waals surface area contributed by atoms with E-state index in [-0.39, 0.29) is 11.3 Å². The fourth-order valence-corrected chi connectivity index (χ4v) is 3.27. The Hall–Kier alpha value is -2.72. The van der Waals surface area contributed by atoms with Gasteiger partial charge in [-0.25, -0.2) is 9.78 Å². The molecule has 0 spiro atoms. The highest BCUT2D eigenvalue weighted by molar-refractivity contribution is 7.74. The van der Waals surface area contributed by atoms with Gasteiger partial charge in [0.2, 0.25) is 0 Å². The van der Waals surface area contributed by atoms with Crippen molar-refractivity contribution in [3.8, 4) is 5.75 Å². The van der Waals surface area contributed by atoms with Crippen LogP contribution in [0.1, 0.15) is 31.7 Å². The van der Waals surface area contributed by atoms with Crippen LogP contribution in [0.25, 0.3) is 11.2 Å². The molecule has 0 saturated heterocycles. The third-order valence-electron chi connectivity index (χ3n) is 4.18. The Morgan fingerprint density at radius 1 is 1.19 bits per heavy atom. The Bertz CT molecular complexity index is 1100. The van der Waals surface area contributed by atoms with E-state index >= 15 is 0 Å². The lowest BCUT2D eigenvalue weighted by molar-refractivity contribution is 0.458. The van der Waals surface area contributed by atoms with Gasteiger partial charge in [0.25, 0.3) is 5.56 Å². The van der Waals surface area contributed by atoms with Crippen LogP contribution < -0.4 is 15.4 Å². The second kappa shape index (κ2) is 7.89. The van der Waals surface area contributed by atoms with E-state index in [4.69, 9.17) is 8.74 Å². The van der Waals surface area contributed by atoms with Gasteiger partial charge < -0.3 is 8.75 Å². The smallest absolute Gasteiger partial charge is 0.357 e. The van der Waals surface area contributed by atoms with Crippen molar-refractivity contribution in [3.63, 3.8) is 0 Å². The molecule has 3 aromatic rings. The molecule has 1 atom stereocenters. The summed E-state index contributed by atoms with van der Waals surface area (Å²) < 4.78 is 27.1. The van der Waals surface area contributed by atoms with E-state index in [0.29, 0.717) is 37.4 Å². The molecule has 1 aromatic carbocycles. The van der Waals surface area contributed by atoms with E-state index in [0.717, 1.165) is 5.56 Å². The highest BCUT2D eigenvalue weighted by Gasteiger charge is 2.16. The Balaban J connectivity index is 2.01. The lowest BCUT2D eigenvalue weighted by Gasteiger charge is -2.07. The minimum Gasteiger partial charge on any atom is -0.380 e. The quantitative estimate of drug-likeness (QED) is 0.587. The summed E-state index contributed by atoms with van der Waals surface area (Å²) in [6.45, 7) is 4.69. The highest BCUT2D eigenvalue weighted by atomic mass is 32.2. The maximum atomic E-state index is 12.6. The molecule has 0 bridgehead atoms. The summed E-state index contributed by atoms with van der Waals surface area (Å²) in [5.41, 5.74) is 0.723. The maximum absolute atomic E-state index is 12.6. The van der Waals surface area contributed by atoms with Gasteiger partial charge in [0.15, 0.2) is 5.52 Å². The standard InChI is InChI=1S/C17H20N4O5S/c1-3-9-21-16(22)14-15(19-17(21)23)20(4-2)13(18-14)10-11-5-7-12(8-6-11)26-27(24)25/h5-8H,3-4,9-10H2,1-2H3,(H,19,23)(H,24,25). The van der Waals surface area contributed by atoms with Crippen molar-refractivity contribution >= 4 is 22.5 Å². The number of aromatic nitrogens is 4. The van der Waals surface area contributed by atoms with E-state index in [1.807, 2.05) is 18.4 Å². The summed E-state index contributed by atoms with van der Waals surface area (Å²) in [5, 5.41) is 0. The molecule has 2 heterocycles. The molecule has 2 N–H and O–H groups in total. The molecule has 0 amide bonds. The lowest BCUT2D eigenvalue weighted by Crippen LogP contribution is -2.35. The third-order valence-corrected chi connectivity index (χ3v) is 4.52. The molecular formula is C17H20N4O5S. The number of rotatable bonds is 7. The number of aryl methyl sites for hydroxylation is 1. The van der Waals surface area contributed by atoms with Crippen LogP contribution in [-0.2, 0) is 30.9 Å². The zero-order chi connectivity index (χ0) is 19.6. The molecule has 0 radical (unpaired) electrons. The molecule has 0 aliphatic carbocycles. The van der Waals surface area contributed by atoms with Crippen LogP contribution in [-0.4, -0.2) is 27.9 Å². The van der Waals surface area contributed by atoms with Crippen molar-refractivity contribution < 1.29 is 12.9 Å². The van der Waals surface area contributed by atoms with Crippen LogP contribution in [0, 0.1) is 0 Å². The van der Waals surface area contributed by atoms with Gasteiger partial charge in [0.1, 0.15) is 17.2 Å². The first-order valence-electron chi connectivity index (χ1n) is 8.55. The minimum absolute atomic E-state index is 0.246.